The molecule has 102 valence electrons. The molecular formula is C14H15F3N2. The summed E-state index contributed by atoms with van der Waals surface area (Å²) in [6.07, 6.45) is -3.55. The molecule has 0 N–H and O–H groups in total. The summed E-state index contributed by atoms with van der Waals surface area (Å²) in [4.78, 5) is 1.79. The Bertz CT molecular complexity index is 516. The third-order valence-corrected chi connectivity index (χ3v) is 3.88. The number of rotatable bonds is 1. The largest absolute Gasteiger partial charge is 0.418 e. The van der Waals surface area contributed by atoms with E-state index in [4.69, 9.17) is 5.26 Å². The van der Waals surface area contributed by atoms with Crippen LogP contribution in [0.25, 0.3) is 0 Å². The Balaban J connectivity index is 2.49. The Morgan fingerprint density at radius 3 is 2.47 bits per heavy atom. The fourth-order valence-corrected chi connectivity index (χ4v) is 2.52. The minimum absolute atomic E-state index is 0.0379. The Morgan fingerprint density at radius 2 is 2.00 bits per heavy atom. The molecular weight excluding hydrogens is 253 g/mol. The lowest BCUT2D eigenvalue weighted by Gasteiger charge is -2.28. The van der Waals surface area contributed by atoms with Crippen molar-refractivity contribution in [3.63, 3.8) is 0 Å². The van der Waals surface area contributed by atoms with Crippen LogP contribution in [0.1, 0.15) is 31.4 Å². The summed E-state index contributed by atoms with van der Waals surface area (Å²) in [5.74, 6) is 0.372. The fraction of sp³-hybridized carbons (Fsp3) is 0.500. The number of hydrogen-bond acceptors (Lipinski definition) is 2. The van der Waals surface area contributed by atoms with Crippen LogP contribution in [0.4, 0.5) is 18.9 Å². The molecule has 0 aromatic heterocycles. The molecule has 0 aliphatic carbocycles. The molecule has 0 radical (unpaired) electrons. The van der Waals surface area contributed by atoms with Crippen molar-refractivity contribution in [1.29, 1.82) is 5.26 Å². The Morgan fingerprint density at radius 1 is 1.32 bits per heavy atom. The van der Waals surface area contributed by atoms with Gasteiger partial charge in [-0.1, -0.05) is 6.92 Å². The van der Waals surface area contributed by atoms with Crippen molar-refractivity contribution in [2.24, 2.45) is 5.92 Å². The lowest BCUT2D eigenvalue weighted by atomic mass is 10.0. The molecule has 0 amide bonds. The number of halogens is 3. The molecule has 2 rings (SSSR count). The molecule has 1 aliphatic heterocycles. The van der Waals surface area contributed by atoms with Crippen LogP contribution in [0.2, 0.25) is 0 Å². The Kier molecular flexibility index (Phi) is 3.44. The zero-order valence-corrected chi connectivity index (χ0v) is 10.8. The first-order valence-electron chi connectivity index (χ1n) is 6.22. The smallest absolute Gasteiger partial charge is 0.368 e. The van der Waals surface area contributed by atoms with Crippen molar-refractivity contribution in [1.82, 2.24) is 0 Å². The lowest BCUT2D eigenvalue weighted by Crippen LogP contribution is -2.31. The van der Waals surface area contributed by atoms with E-state index in [-0.39, 0.29) is 17.3 Å². The topological polar surface area (TPSA) is 27.0 Å². The van der Waals surface area contributed by atoms with Gasteiger partial charge in [-0.3, -0.25) is 0 Å². The second-order valence-electron chi connectivity index (χ2n) is 5.04. The highest BCUT2D eigenvalue weighted by Gasteiger charge is 2.38. The average Bonchev–Trinajstić information content (AvgIpc) is 2.68. The zero-order valence-electron chi connectivity index (χ0n) is 10.8. The number of hydrogen-bond donors (Lipinski definition) is 0. The Hall–Kier alpha value is -1.70. The second kappa shape index (κ2) is 4.76. The van der Waals surface area contributed by atoms with Gasteiger partial charge in [-0.15, -0.1) is 0 Å². The van der Waals surface area contributed by atoms with E-state index >= 15 is 0 Å². The first kappa shape index (κ1) is 13.7. The second-order valence-corrected chi connectivity index (χ2v) is 5.04. The molecule has 2 nitrogen and oxygen atoms in total. The van der Waals surface area contributed by atoms with Crippen molar-refractivity contribution >= 4 is 5.69 Å². The van der Waals surface area contributed by atoms with Gasteiger partial charge in [0, 0.05) is 18.3 Å². The fourth-order valence-electron chi connectivity index (χ4n) is 2.52. The normalized spacial score (nSPS) is 23.5. The van der Waals surface area contributed by atoms with Crippen LogP contribution in [0.15, 0.2) is 18.2 Å². The van der Waals surface area contributed by atoms with E-state index in [1.54, 1.807) is 11.0 Å². The number of nitrogens with zero attached hydrogens (tertiary/aromatic N) is 2. The SMILES string of the molecule is CC1CCN(c2ccc(C#N)cc2C(F)(F)F)C1C. The number of alkyl halides is 3. The van der Waals surface area contributed by atoms with Gasteiger partial charge in [0.1, 0.15) is 0 Å². The lowest BCUT2D eigenvalue weighted by molar-refractivity contribution is -0.137. The van der Waals surface area contributed by atoms with Gasteiger partial charge in [0.2, 0.25) is 0 Å². The molecule has 1 aromatic carbocycles. The molecule has 0 bridgehead atoms. The molecule has 1 aliphatic rings. The molecule has 2 atom stereocenters. The van der Waals surface area contributed by atoms with E-state index < -0.39 is 11.7 Å². The number of anilines is 1. The van der Waals surface area contributed by atoms with Crippen molar-refractivity contribution in [3.8, 4) is 6.07 Å². The molecule has 5 heteroatoms. The predicted molar refractivity (Wildman–Crippen MR) is 66.7 cm³/mol. The van der Waals surface area contributed by atoms with Gasteiger partial charge < -0.3 is 4.90 Å². The molecule has 1 fully saturated rings. The summed E-state index contributed by atoms with van der Waals surface area (Å²) in [5, 5.41) is 8.75. The Labute approximate surface area is 110 Å². The molecule has 0 saturated carbocycles. The maximum Gasteiger partial charge on any atom is 0.418 e. The van der Waals surface area contributed by atoms with E-state index in [0.29, 0.717) is 12.5 Å². The number of benzene rings is 1. The third kappa shape index (κ3) is 2.53. The summed E-state index contributed by atoms with van der Waals surface area (Å²) in [7, 11) is 0. The van der Waals surface area contributed by atoms with E-state index in [0.717, 1.165) is 12.5 Å². The van der Waals surface area contributed by atoms with Gasteiger partial charge in [-0.2, -0.15) is 18.4 Å². The maximum atomic E-state index is 13.1. The summed E-state index contributed by atoms with van der Waals surface area (Å²) in [6.45, 7) is 4.61. The van der Waals surface area contributed by atoms with Crippen LogP contribution in [-0.2, 0) is 6.18 Å². The van der Waals surface area contributed by atoms with Crippen LogP contribution >= 0.6 is 0 Å². The highest BCUT2D eigenvalue weighted by molar-refractivity contribution is 5.59. The van der Waals surface area contributed by atoms with E-state index in [2.05, 4.69) is 0 Å². The van der Waals surface area contributed by atoms with Gasteiger partial charge >= 0.3 is 6.18 Å². The summed E-state index contributed by atoms with van der Waals surface area (Å²) < 4.78 is 39.3. The molecule has 2 unspecified atom stereocenters. The summed E-state index contributed by atoms with van der Waals surface area (Å²) in [6, 6.07) is 5.63. The quantitative estimate of drug-likeness (QED) is 0.774. The van der Waals surface area contributed by atoms with Gasteiger partial charge in [-0.25, -0.2) is 0 Å². The average molecular weight is 268 g/mol. The van der Waals surface area contributed by atoms with Crippen molar-refractivity contribution in [2.75, 3.05) is 11.4 Å². The van der Waals surface area contributed by atoms with Gasteiger partial charge in [0.05, 0.1) is 17.2 Å². The van der Waals surface area contributed by atoms with E-state index in [9.17, 15) is 13.2 Å². The minimum atomic E-state index is -4.44. The van der Waals surface area contributed by atoms with Crippen molar-refractivity contribution < 1.29 is 13.2 Å². The molecule has 0 spiro atoms. The van der Waals surface area contributed by atoms with Gasteiger partial charge in [0.15, 0.2) is 0 Å². The first-order valence-corrected chi connectivity index (χ1v) is 6.22. The highest BCUT2D eigenvalue weighted by Crippen LogP contribution is 2.40. The van der Waals surface area contributed by atoms with Crippen LogP contribution in [-0.4, -0.2) is 12.6 Å². The molecule has 19 heavy (non-hydrogen) atoms. The minimum Gasteiger partial charge on any atom is -0.368 e. The van der Waals surface area contributed by atoms with Gasteiger partial charge in [-0.05, 0) is 37.5 Å². The molecule has 1 aromatic rings. The van der Waals surface area contributed by atoms with Crippen molar-refractivity contribution in [2.45, 2.75) is 32.5 Å². The van der Waals surface area contributed by atoms with Crippen LogP contribution < -0.4 is 4.90 Å². The van der Waals surface area contributed by atoms with E-state index in [1.807, 2.05) is 13.8 Å². The summed E-state index contributed by atoms with van der Waals surface area (Å²) >= 11 is 0. The van der Waals surface area contributed by atoms with Gasteiger partial charge in [0.25, 0.3) is 0 Å². The predicted octanol–water partition coefficient (Wildman–Crippen LogP) is 3.81. The third-order valence-electron chi connectivity index (χ3n) is 3.88. The van der Waals surface area contributed by atoms with Crippen LogP contribution in [0.3, 0.4) is 0 Å². The van der Waals surface area contributed by atoms with Crippen LogP contribution in [0.5, 0.6) is 0 Å². The standard InChI is InChI=1S/C14H15F3N2/c1-9-5-6-19(10(9)2)13-4-3-11(8-18)7-12(13)14(15,16)17/h3-4,7,9-10H,5-6H2,1-2H3. The molecule has 1 saturated heterocycles. The molecule has 1 heterocycles. The maximum absolute atomic E-state index is 13.1. The van der Waals surface area contributed by atoms with E-state index in [1.165, 1.54) is 12.1 Å². The monoisotopic (exact) mass is 268 g/mol. The first-order chi connectivity index (χ1) is 8.84. The van der Waals surface area contributed by atoms with Crippen LogP contribution in [0, 0.1) is 17.2 Å². The van der Waals surface area contributed by atoms with Crippen molar-refractivity contribution in [3.05, 3.63) is 29.3 Å². The number of nitriles is 1. The highest BCUT2D eigenvalue weighted by atomic mass is 19.4. The zero-order chi connectivity index (χ0) is 14.2. The summed E-state index contributed by atoms with van der Waals surface area (Å²) in [5.41, 5.74) is -0.494.